The molecule has 3 heterocycles. The number of nitrogens with zero attached hydrogens (tertiary/aromatic N) is 3. The van der Waals surface area contributed by atoms with Gasteiger partial charge in [0.15, 0.2) is 11.6 Å². The molecule has 0 atom stereocenters. The van der Waals surface area contributed by atoms with E-state index in [1.807, 2.05) is 54.6 Å². The topological polar surface area (TPSA) is 72.4 Å². The number of fused-ring (bicyclic) bond motifs is 1. The molecular weight excluding hydrogens is 342 g/mol. The van der Waals surface area contributed by atoms with Gasteiger partial charge in [0.25, 0.3) is 5.91 Å². The van der Waals surface area contributed by atoms with E-state index in [0.29, 0.717) is 37.0 Å². The van der Waals surface area contributed by atoms with Gasteiger partial charge in [0, 0.05) is 24.9 Å². The molecule has 1 aliphatic rings. The van der Waals surface area contributed by atoms with Gasteiger partial charge in [-0.2, -0.15) is 4.98 Å². The van der Waals surface area contributed by atoms with Crippen LogP contribution in [0.4, 0.5) is 0 Å². The monoisotopic (exact) mass is 359 g/mol. The van der Waals surface area contributed by atoms with Crippen molar-refractivity contribution in [1.82, 2.24) is 15.0 Å². The summed E-state index contributed by atoms with van der Waals surface area (Å²) in [5.74, 6) is 1.60. The first-order chi connectivity index (χ1) is 13.3. The van der Waals surface area contributed by atoms with Gasteiger partial charge in [-0.15, -0.1) is 0 Å². The van der Waals surface area contributed by atoms with Crippen LogP contribution < -0.4 is 0 Å². The molecule has 1 amide bonds. The molecule has 2 aromatic heterocycles. The summed E-state index contributed by atoms with van der Waals surface area (Å²) in [5.41, 5.74) is 1.86. The maximum absolute atomic E-state index is 12.6. The number of benzene rings is 2. The average Bonchev–Trinajstić information content (AvgIpc) is 3.28. The Bertz CT molecular complexity index is 1060. The lowest BCUT2D eigenvalue weighted by atomic mass is 10.00. The second-order valence-corrected chi connectivity index (χ2v) is 6.77. The normalized spacial score (nSPS) is 14.4. The van der Waals surface area contributed by atoms with Gasteiger partial charge in [0.2, 0.25) is 5.89 Å². The maximum atomic E-state index is 12.6. The molecule has 0 bridgehead atoms. The predicted octanol–water partition coefficient (Wildman–Crippen LogP) is 3.65. The van der Waals surface area contributed by atoms with Crippen LogP contribution in [0.25, 0.3) is 11.0 Å². The number of aromatic nitrogens is 2. The van der Waals surface area contributed by atoms with Crippen LogP contribution in [-0.4, -0.2) is 34.0 Å². The second-order valence-electron chi connectivity index (χ2n) is 6.77. The summed E-state index contributed by atoms with van der Waals surface area (Å²) in [6, 6.07) is 19.4. The van der Waals surface area contributed by atoms with Crippen molar-refractivity contribution in [2.24, 2.45) is 0 Å². The molecule has 134 valence electrons. The number of carbonyl (C=O) groups excluding carboxylic acids is 1. The maximum Gasteiger partial charge on any atom is 0.289 e. The van der Waals surface area contributed by atoms with Gasteiger partial charge in [0.1, 0.15) is 5.58 Å². The Morgan fingerprint density at radius 1 is 1.07 bits per heavy atom. The molecule has 6 nitrogen and oxygen atoms in total. The Labute approximate surface area is 155 Å². The van der Waals surface area contributed by atoms with Crippen molar-refractivity contribution in [3.05, 3.63) is 83.7 Å². The third-order valence-corrected chi connectivity index (χ3v) is 4.84. The summed E-state index contributed by atoms with van der Waals surface area (Å²) in [7, 11) is 0. The molecule has 1 saturated heterocycles. The van der Waals surface area contributed by atoms with E-state index in [2.05, 4.69) is 10.1 Å². The molecule has 0 radical (unpaired) electrons. The summed E-state index contributed by atoms with van der Waals surface area (Å²) in [6.45, 7) is 1.12. The standard InChI is InChI=1S/C21H17N3O3/c25-21(18-11-15-8-4-5-9-17(15)26-18)24-12-16(13-24)20-22-19(23-27-20)10-14-6-2-1-3-7-14/h1-9,11,16H,10,12-13H2. The van der Waals surface area contributed by atoms with E-state index in [4.69, 9.17) is 8.94 Å². The molecule has 0 spiro atoms. The third-order valence-electron chi connectivity index (χ3n) is 4.84. The SMILES string of the molecule is O=C(c1cc2ccccc2o1)N1CC(c2nc(Cc3ccccc3)no2)C1. The fourth-order valence-electron chi connectivity index (χ4n) is 3.33. The van der Waals surface area contributed by atoms with E-state index >= 15 is 0 Å². The summed E-state index contributed by atoms with van der Waals surface area (Å²) in [6.07, 6.45) is 0.638. The molecule has 0 saturated carbocycles. The van der Waals surface area contributed by atoms with Gasteiger partial charge >= 0.3 is 0 Å². The minimum absolute atomic E-state index is 0.0790. The van der Waals surface area contributed by atoms with Gasteiger partial charge in [0.05, 0.1) is 5.92 Å². The first-order valence-corrected chi connectivity index (χ1v) is 8.90. The lowest BCUT2D eigenvalue weighted by Gasteiger charge is -2.36. The van der Waals surface area contributed by atoms with Crippen LogP contribution in [0.15, 0.2) is 69.6 Å². The van der Waals surface area contributed by atoms with Gasteiger partial charge in [-0.1, -0.05) is 53.7 Å². The Hall–Kier alpha value is -3.41. The number of carbonyl (C=O) groups is 1. The number of rotatable bonds is 4. The summed E-state index contributed by atoms with van der Waals surface area (Å²) < 4.78 is 11.1. The summed E-state index contributed by atoms with van der Waals surface area (Å²) in [4.78, 5) is 18.8. The number of amides is 1. The van der Waals surface area contributed by atoms with E-state index in [1.54, 1.807) is 11.0 Å². The molecule has 6 heteroatoms. The van der Waals surface area contributed by atoms with Crippen molar-refractivity contribution >= 4 is 16.9 Å². The zero-order valence-electron chi connectivity index (χ0n) is 14.5. The Balaban J connectivity index is 1.23. The van der Waals surface area contributed by atoms with Crippen LogP contribution in [0.5, 0.6) is 0 Å². The number of furan rings is 1. The van der Waals surface area contributed by atoms with E-state index in [-0.39, 0.29) is 11.8 Å². The summed E-state index contributed by atoms with van der Waals surface area (Å²) in [5, 5.41) is 4.99. The largest absolute Gasteiger partial charge is 0.451 e. The Morgan fingerprint density at radius 2 is 1.85 bits per heavy atom. The predicted molar refractivity (Wildman–Crippen MR) is 98.4 cm³/mol. The Morgan fingerprint density at radius 3 is 2.67 bits per heavy atom. The minimum Gasteiger partial charge on any atom is -0.451 e. The molecule has 0 unspecified atom stereocenters. The average molecular weight is 359 g/mol. The van der Waals surface area contributed by atoms with E-state index < -0.39 is 0 Å². The second kappa shape index (κ2) is 6.39. The van der Waals surface area contributed by atoms with Crippen molar-refractivity contribution in [2.75, 3.05) is 13.1 Å². The molecule has 0 N–H and O–H groups in total. The summed E-state index contributed by atoms with van der Waals surface area (Å²) >= 11 is 0. The molecule has 1 fully saturated rings. The molecule has 0 aliphatic carbocycles. The van der Waals surface area contributed by atoms with Crippen LogP contribution in [0.2, 0.25) is 0 Å². The third kappa shape index (κ3) is 2.99. The van der Waals surface area contributed by atoms with Gasteiger partial charge in [-0.05, 0) is 17.7 Å². The van der Waals surface area contributed by atoms with E-state index in [1.165, 1.54) is 0 Å². The minimum atomic E-state index is -0.105. The van der Waals surface area contributed by atoms with Gasteiger partial charge in [-0.25, -0.2) is 0 Å². The van der Waals surface area contributed by atoms with Crippen LogP contribution in [-0.2, 0) is 6.42 Å². The van der Waals surface area contributed by atoms with Gasteiger partial charge < -0.3 is 13.8 Å². The van der Waals surface area contributed by atoms with Crippen molar-refractivity contribution in [2.45, 2.75) is 12.3 Å². The van der Waals surface area contributed by atoms with Crippen LogP contribution in [0.1, 0.15) is 33.8 Å². The zero-order valence-corrected chi connectivity index (χ0v) is 14.5. The quantitative estimate of drug-likeness (QED) is 0.556. The number of hydrogen-bond donors (Lipinski definition) is 0. The van der Waals surface area contributed by atoms with Gasteiger partial charge in [-0.3, -0.25) is 4.79 Å². The highest BCUT2D eigenvalue weighted by molar-refractivity contribution is 5.96. The Kier molecular flexibility index (Phi) is 3.74. The molecule has 4 aromatic rings. The zero-order chi connectivity index (χ0) is 18.2. The molecule has 2 aromatic carbocycles. The molecule has 1 aliphatic heterocycles. The number of hydrogen-bond acceptors (Lipinski definition) is 5. The van der Waals surface area contributed by atoms with Crippen LogP contribution in [0, 0.1) is 0 Å². The smallest absolute Gasteiger partial charge is 0.289 e. The lowest BCUT2D eigenvalue weighted by molar-refractivity contribution is 0.0539. The highest BCUT2D eigenvalue weighted by atomic mass is 16.5. The van der Waals surface area contributed by atoms with Crippen molar-refractivity contribution < 1.29 is 13.7 Å². The van der Waals surface area contributed by atoms with Crippen molar-refractivity contribution in [3.8, 4) is 0 Å². The highest BCUT2D eigenvalue weighted by Gasteiger charge is 2.37. The highest BCUT2D eigenvalue weighted by Crippen LogP contribution is 2.29. The molecule has 5 rings (SSSR count). The first-order valence-electron chi connectivity index (χ1n) is 8.90. The molecular formula is C21H17N3O3. The van der Waals surface area contributed by atoms with Crippen LogP contribution >= 0.6 is 0 Å². The first kappa shape index (κ1) is 15.8. The number of para-hydroxylation sites is 1. The van der Waals surface area contributed by atoms with Crippen molar-refractivity contribution in [3.63, 3.8) is 0 Å². The van der Waals surface area contributed by atoms with Crippen LogP contribution in [0.3, 0.4) is 0 Å². The number of likely N-dealkylation sites (tertiary alicyclic amines) is 1. The molecule has 27 heavy (non-hydrogen) atoms. The fourth-order valence-corrected chi connectivity index (χ4v) is 3.33. The van der Waals surface area contributed by atoms with E-state index in [0.717, 1.165) is 16.5 Å². The van der Waals surface area contributed by atoms with E-state index in [9.17, 15) is 4.79 Å². The fraction of sp³-hybridized carbons (Fsp3) is 0.190. The lowest BCUT2D eigenvalue weighted by Crippen LogP contribution is -2.48. The van der Waals surface area contributed by atoms with Crippen molar-refractivity contribution in [1.29, 1.82) is 0 Å².